The highest BCUT2D eigenvalue weighted by atomic mass is 31.2. The molecule has 0 amide bonds. The van der Waals surface area contributed by atoms with Crippen molar-refractivity contribution in [1.82, 2.24) is 9.13 Å². The maximum absolute atomic E-state index is 14.0. The Kier molecular flexibility index (Phi) is 6.70. The largest absolute Gasteiger partial charge is 0.379 e. The lowest BCUT2D eigenvalue weighted by Crippen LogP contribution is -2.44. The van der Waals surface area contributed by atoms with Crippen LogP contribution in [0.4, 0.5) is 4.39 Å². The Balaban J connectivity index is 2.39. The van der Waals surface area contributed by atoms with Crippen LogP contribution in [0, 0.1) is 5.82 Å². The van der Waals surface area contributed by atoms with Gasteiger partial charge in [0.25, 0.3) is 5.56 Å². The number of hydrogen-bond acceptors (Lipinski definition) is 7. The highest BCUT2D eigenvalue weighted by molar-refractivity contribution is 7.54. The van der Waals surface area contributed by atoms with E-state index in [4.69, 9.17) is 13.8 Å². The Hall–Kier alpha value is -1.32. The quantitative estimate of drug-likeness (QED) is 0.671. The van der Waals surface area contributed by atoms with Gasteiger partial charge in [0, 0.05) is 6.61 Å². The summed E-state index contributed by atoms with van der Waals surface area (Å²) in [6.07, 6.45) is 1.30. The summed E-state index contributed by atoms with van der Waals surface area (Å²) in [4.78, 5) is 24.5. The van der Waals surface area contributed by atoms with Crippen molar-refractivity contribution >= 4 is 7.60 Å². The van der Waals surface area contributed by atoms with Crippen LogP contribution in [0.3, 0.4) is 0 Å². The minimum absolute atomic E-state index is 0.00741. The first kappa shape index (κ1) is 20.0. The first-order valence-corrected chi connectivity index (χ1v) is 9.65. The van der Waals surface area contributed by atoms with Crippen molar-refractivity contribution in [3.63, 3.8) is 0 Å². The fraction of sp³-hybridized carbons (Fsp3) is 0.714. The third kappa shape index (κ3) is 4.27. The smallest absolute Gasteiger partial charge is 0.360 e. The molecular formula is C14H22FN2O7P. The van der Waals surface area contributed by atoms with Crippen LogP contribution in [0.1, 0.15) is 32.9 Å². The summed E-state index contributed by atoms with van der Waals surface area (Å²) < 4.78 is 43.2. The van der Waals surface area contributed by atoms with Gasteiger partial charge in [0.15, 0.2) is 5.85 Å². The van der Waals surface area contributed by atoms with Gasteiger partial charge in [-0.25, -0.2) is 4.79 Å². The minimum atomic E-state index is -3.98. The summed E-state index contributed by atoms with van der Waals surface area (Å²) in [6.45, 7) is 2.79. The topological polar surface area (TPSA) is 109 Å². The molecule has 0 spiro atoms. The molecule has 2 unspecified atom stereocenters. The number of aliphatic hydroxyl groups excluding tert-OH is 1. The van der Waals surface area contributed by atoms with Crippen LogP contribution < -0.4 is 11.2 Å². The van der Waals surface area contributed by atoms with Crippen LogP contribution in [0.2, 0.25) is 0 Å². The van der Waals surface area contributed by atoms with Crippen LogP contribution in [-0.2, 0) is 24.9 Å². The fourth-order valence-corrected chi connectivity index (χ4v) is 4.07. The van der Waals surface area contributed by atoms with E-state index in [1.54, 1.807) is 13.8 Å². The molecule has 0 bridgehead atoms. The number of hydrogen-bond donors (Lipinski definition) is 1. The third-order valence-electron chi connectivity index (χ3n) is 3.70. The zero-order valence-electron chi connectivity index (χ0n) is 14.1. The Labute approximate surface area is 143 Å². The molecule has 0 aliphatic carbocycles. The number of aliphatic hydroxyl groups is 1. The second-order valence-electron chi connectivity index (χ2n) is 5.41. The molecule has 1 aliphatic heterocycles. The van der Waals surface area contributed by atoms with Crippen molar-refractivity contribution < 1.29 is 27.8 Å². The molecule has 1 aromatic heterocycles. The molecule has 1 N–H and O–H groups in total. The van der Waals surface area contributed by atoms with Gasteiger partial charge < -0.3 is 18.9 Å². The lowest BCUT2D eigenvalue weighted by molar-refractivity contribution is 0.0495. The number of nitrogens with zero attached hydrogens (tertiary/aromatic N) is 2. The Morgan fingerprint density at radius 2 is 2.04 bits per heavy atom. The molecule has 25 heavy (non-hydrogen) atoms. The van der Waals surface area contributed by atoms with Crippen molar-refractivity contribution in [1.29, 1.82) is 0 Å². The molecule has 2 rings (SSSR count). The second kappa shape index (κ2) is 8.37. The van der Waals surface area contributed by atoms with E-state index >= 15 is 0 Å². The number of halogens is 1. The normalized spacial score (nSPS) is 19.3. The average Bonchev–Trinajstić information content (AvgIpc) is 3.09. The molecule has 9 nitrogen and oxygen atoms in total. The number of ether oxygens (including phenoxy) is 1. The summed E-state index contributed by atoms with van der Waals surface area (Å²) >= 11 is 0. The van der Waals surface area contributed by atoms with Gasteiger partial charge in [-0.15, -0.1) is 0 Å². The van der Waals surface area contributed by atoms with Crippen molar-refractivity contribution in [3.05, 3.63) is 32.9 Å². The molecule has 1 fully saturated rings. The average molecular weight is 380 g/mol. The van der Waals surface area contributed by atoms with Gasteiger partial charge in [-0.3, -0.25) is 18.5 Å². The number of rotatable bonds is 8. The van der Waals surface area contributed by atoms with Crippen LogP contribution in [0.15, 0.2) is 15.8 Å². The maximum Gasteiger partial charge on any atom is 0.360 e. The molecule has 0 saturated carbocycles. The monoisotopic (exact) mass is 380 g/mol. The van der Waals surface area contributed by atoms with E-state index in [9.17, 15) is 23.7 Å². The Bertz CT molecular complexity index is 747. The van der Waals surface area contributed by atoms with Gasteiger partial charge in [-0.05, 0) is 26.7 Å². The molecule has 0 aromatic carbocycles. The van der Waals surface area contributed by atoms with Gasteiger partial charge >= 0.3 is 13.3 Å². The molecule has 2 atom stereocenters. The lowest BCUT2D eigenvalue weighted by atomic mass is 10.3. The summed E-state index contributed by atoms with van der Waals surface area (Å²) in [6, 6.07) is 0. The van der Waals surface area contributed by atoms with Gasteiger partial charge in [0.1, 0.15) is 6.23 Å². The summed E-state index contributed by atoms with van der Waals surface area (Å²) in [5, 5.41) is 10.2. The van der Waals surface area contributed by atoms with Crippen molar-refractivity contribution in [3.8, 4) is 0 Å². The SMILES string of the molecule is CCOP(=O)(OCC)C(O)Cn1c(=O)c(F)cn(C2CCCO2)c1=O. The predicted molar refractivity (Wildman–Crippen MR) is 86.0 cm³/mol. The number of aromatic nitrogens is 2. The molecule has 1 aliphatic rings. The molecule has 1 saturated heterocycles. The summed E-state index contributed by atoms with van der Waals surface area (Å²) in [7, 11) is -3.98. The van der Waals surface area contributed by atoms with Gasteiger partial charge in [-0.1, -0.05) is 0 Å². The standard InChI is InChI=1S/C14H22FN2O7P/c1-3-23-25(21,24-4-2)12(18)9-17-13(19)10(15)8-16(14(17)20)11-6-5-7-22-11/h8,11-12,18H,3-7,9H2,1-2H3. The van der Waals surface area contributed by atoms with Gasteiger partial charge in [0.2, 0.25) is 5.82 Å². The zero-order chi connectivity index (χ0) is 18.6. The fourth-order valence-electron chi connectivity index (χ4n) is 2.57. The van der Waals surface area contributed by atoms with Crippen molar-refractivity contribution in [2.24, 2.45) is 0 Å². The van der Waals surface area contributed by atoms with E-state index in [0.29, 0.717) is 24.0 Å². The van der Waals surface area contributed by atoms with Crippen LogP contribution in [0.5, 0.6) is 0 Å². The first-order valence-electron chi connectivity index (χ1n) is 8.04. The highest BCUT2D eigenvalue weighted by Crippen LogP contribution is 2.52. The van der Waals surface area contributed by atoms with E-state index < -0.39 is 43.3 Å². The van der Waals surface area contributed by atoms with E-state index in [0.717, 1.165) is 10.8 Å². The van der Waals surface area contributed by atoms with E-state index in [1.807, 2.05) is 0 Å². The van der Waals surface area contributed by atoms with Gasteiger partial charge in [-0.2, -0.15) is 4.39 Å². The summed E-state index contributed by atoms with van der Waals surface area (Å²) in [5.74, 6) is -2.97. The second-order valence-corrected chi connectivity index (χ2v) is 7.60. The van der Waals surface area contributed by atoms with Gasteiger partial charge in [0.05, 0.1) is 26.0 Å². The lowest BCUT2D eigenvalue weighted by Gasteiger charge is -2.23. The Morgan fingerprint density at radius 3 is 2.56 bits per heavy atom. The van der Waals surface area contributed by atoms with E-state index in [2.05, 4.69) is 0 Å². The van der Waals surface area contributed by atoms with Crippen LogP contribution in [-0.4, -0.2) is 39.9 Å². The molecular weight excluding hydrogens is 358 g/mol. The molecule has 1 aromatic rings. The molecule has 11 heteroatoms. The van der Waals surface area contributed by atoms with Crippen molar-refractivity contribution in [2.45, 2.75) is 45.3 Å². The molecule has 142 valence electrons. The van der Waals surface area contributed by atoms with E-state index in [1.165, 1.54) is 0 Å². The zero-order valence-corrected chi connectivity index (χ0v) is 15.0. The Morgan fingerprint density at radius 1 is 1.40 bits per heavy atom. The minimum Gasteiger partial charge on any atom is -0.379 e. The van der Waals surface area contributed by atoms with Crippen LogP contribution in [0.25, 0.3) is 0 Å². The third-order valence-corrected chi connectivity index (χ3v) is 5.83. The first-order chi connectivity index (χ1) is 11.8. The molecule has 0 radical (unpaired) electrons. The predicted octanol–water partition coefficient (Wildman–Crippen LogP) is 1.04. The van der Waals surface area contributed by atoms with Crippen LogP contribution >= 0.6 is 7.60 Å². The highest BCUT2D eigenvalue weighted by Gasteiger charge is 2.35. The maximum atomic E-state index is 14.0. The van der Waals surface area contributed by atoms with Crippen molar-refractivity contribution in [2.75, 3.05) is 19.8 Å². The van der Waals surface area contributed by atoms with E-state index in [-0.39, 0.29) is 13.2 Å². The molecule has 2 heterocycles. The summed E-state index contributed by atoms with van der Waals surface area (Å²) in [5.41, 5.74) is -2.09.